The monoisotopic (exact) mass is 473 g/mol. The number of carbonyl (C=O) groups is 2. The molecule has 2 N–H and O–H groups in total. The van der Waals surface area contributed by atoms with E-state index in [9.17, 15) is 19.2 Å². The van der Waals surface area contributed by atoms with E-state index < -0.39 is 17.6 Å². The topological polar surface area (TPSA) is 100 Å². The molecule has 0 aliphatic heterocycles. The van der Waals surface area contributed by atoms with Crippen molar-refractivity contribution in [3.63, 3.8) is 0 Å². The number of aryl methyl sites for hydroxylation is 1. The Morgan fingerprint density at radius 3 is 2.46 bits per heavy atom. The lowest BCUT2D eigenvalue weighted by molar-refractivity contribution is -0.118. The summed E-state index contributed by atoms with van der Waals surface area (Å²) < 4.78 is 23.9. The third-order valence-corrected chi connectivity index (χ3v) is 5.20. The van der Waals surface area contributed by atoms with E-state index >= 15 is 0 Å². The quantitative estimate of drug-likeness (QED) is 0.354. The average molecular weight is 474 g/mol. The van der Waals surface area contributed by atoms with Gasteiger partial charge in [-0.15, -0.1) is 0 Å². The number of methoxy groups -OCH3 is 1. The smallest absolute Gasteiger partial charge is 0.266 e. The molecule has 0 aliphatic rings. The number of nitrogens with zero attached hydrogens (tertiary/aromatic N) is 1. The Kier molecular flexibility index (Phi) is 8.20. The first kappa shape index (κ1) is 25.0. The van der Waals surface area contributed by atoms with Crippen LogP contribution in [0.1, 0.15) is 16.7 Å². The molecule has 2 amide bonds. The van der Waals surface area contributed by atoms with Crippen LogP contribution in [0.15, 0.2) is 66.2 Å². The molecule has 3 rings (SSSR count). The van der Waals surface area contributed by atoms with Crippen molar-refractivity contribution in [3.8, 4) is 17.6 Å². The third-order valence-electron chi connectivity index (χ3n) is 5.20. The lowest BCUT2D eigenvalue weighted by atomic mass is 10.1. The first-order valence-corrected chi connectivity index (χ1v) is 10.7. The van der Waals surface area contributed by atoms with Crippen molar-refractivity contribution in [1.82, 2.24) is 0 Å². The van der Waals surface area contributed by atoms with Gasteiger partial charge in [0.05, 0.1) is 7.11 Å². The highest BCUT2D eigenvalue weighted by Crippen LogP contribution is 2.29. The zero-order valence-corrected chi connectivity index (χ0v) is 19.5. The van der Waals surface area contributed by atoms with Crippen LogP contribution in [0.4, 0.5) is 15.8 Å². The zero-order valence-electron chi connectivity index (χ0n) is 19.5. The lowest BCUT2D eigenvalue weighted by Gasteiger charge is -2.12. The van der Waals surface area contributed by atoms with E-state index in [-0.39, 0.29) is 12.2 Å². The van der Waals surface area contributed by atoms with E-state index in [0.717, 1.165) is 11.1 Å². The van der Waals surface area contributed by atoms with Gasteiger partial charge in [-0.2, -0.15) is 5.26 Å². The molecule has 0 heterocycles. The number of rotatable bonds is 8. The maximum absolute atomic E-state index is 13.0. The normalized spacial score (nSPS) is 10.8. The van der Waals surface area contributed by atoms with Crippen molar-refractivity contribution in [2.75, 3.05) is 24.4 Å². The number of halogens is 1. The van der Waals surface area contributed by atoms with E-state index in [0.29, 0.717) is 28.4 Å². The minimum absolute atomic E-state index is 0.0831. The van der Waals surface area contributed by atoms with Crippen LogP contribution in [0.25, 0.3) is 6.08 Å². The van der Waals surface area contributed by atoms with Gasteiger partial charge in [0, 0.05) is 11.4 Å². The predicted octanol–water partition coefficient (Wildman–Crippen LogP) is 5.01. The molecule has 0 aliphatic carbocycles. The first-order valence-electron chi connectivity index (χ1n) is 10.7. The summed E-state index contributed by atoms with van der Waals surface area (Å²) in [5.74, 6) is -0.742. The van der Waals surface area contributed by atoms with Gasteiger partial charge in [0.1, 0.15) is 17.5 Å². The van der Waals surface area contributed by atoms with Crippen molar-refractivity contribution in [2.24, 2.45) is 0 Å². The molecule has 35 heavy (non-hydrogen) atoms. The fourth-order valence-corrected chi connectivity index (χ4v) is 3.16. The molecule has 0 saturated heterocycles. The summed E-state index contributed by atoms with van der Waals surface area (Å²) >= 11 is 0. The van der Waals surface area contributed by atoms with E-state index in [1.165, 1.54) is 37.5 Å². The number of hydrogen-bond donors (Lipinski definition) is 2. The van der Waals surface area contributed by atoms with Crippen molar-refractivity contribution in [3.05, 3.63) is 88.7 Å². The van der Waals surface area contributed by atoms with Crippen LogP contribution >= 0.6 is 0 Å². The number of hydrogen-bond acceptors (Lipinski definition) is 5. The van der Waals surface area contributed by atoms with E-state index in [2.05, 4.69) is 10.6 Å². The molecule has 0 spiro atoms. The first-order chi connectivity index (χ1) is 16.8. The van der Waals surface area contributed by atoms with Crippen LogP contribution in [-0.4, -0.2) is 25.5 Å². The molecule has 0 unspecified atom stereocenters. The fourth-order valence-electron chi connectivity index (χ4n) is 3.16. The molecular formula is C27H24FN3O4. The van der Waals surface area contributed by atoms with Gasteiger partial charge in [0.15, 0.2) is 18.1 Å². The Labute approximate surface area is 202 Å². The summed E-state index contributed by atoms with van der Waals surface area (Å²) in [4.78, 5) is 24.8. The number of carbonyl (C=O) groups excluding carboxylic acids is 2. The van der Waals surface area contributed by atoms with Gasteiger partial charge >= 0.3 is 0 Å². The predicted molar refractivity (Wildman–Crippen MR) is 132 cm³/mol. The zero-order chi connectivity index (χ0) is 25.4. The third kappa shape index (κ3) is 6.68. The van der Waals surface area contributed by atoms with Crippen LogP contribution in [0.5, 0.6) is 11.5 Å². The van der Waals surface area contributed by atoms with Crippen LogP contribution in [0.2, 0.25) is 0 Å². The van der Waals surface area contributed by atoms with Crippen molar-refractivity contribution in [2.45, 2.75) is 13.8 Å². The minimum atomic E-state index is -0.530. The molecule has 7 nitrogen and oxygen atoms in total. The number of nitriles is 1. The molecule has 3 aromatic rings. The Bertz CT molecular complexity index is 1310. The van der Waals surface area contributed by atoms with E-state index in [1.807, 2.05) is 32.0 Å². The Hall–Kier alpha value is -4.64. The number of ether oxygens (including phenoxy) is 2. The Morgan fingerprint density at radius 2 is 1.77 bits per heavy atom. The maximum atomic E-state index is 13.0. The summed E-state index contributed by atoms with van der Waals surface area (Å²) in [7, 11) is 1.44. The Morgan fingerprint density at radius 1 is 1.03 bits per heavy atom. The molecule has 0 atom stereocenters. The average Bonchev–Trinajstić information content (AvgIpc) is 2.85. The molecule has 178 valence electrons. The minimum Gasteiger partial charge on any atom is -0.493 e. The second-order valence-electron chi connectivity index (χ2n) is 7.63. The number of benzene rings is 3. The van der Waals surface area contributed by atoms with Crippen LogP contribution < -0.4 is 20.1 Å². The second-order valence-corrected chi connectivity index (χ2v) is 7.63. The van der Waals surface area contributed by atoms with Crippen molar-refractivity contribution in [1.29, 1.82) is 5.26 Å². The van der Waals surface area contributed by atoms with Gasteiger partial charge in [0.25, 0.3) is 11.8 Å². The molecule has 0 radical (unpaired) electrons. The highest BCUT2D eigenvalue weighted by atomic mass is 19.1. The second kappa shape index (κ2) is 11.5. The highest BCUT2D eigenvalue weighted by Gasteiger charge is 2.13. The van der Waals surface area contributed by atoms with E-state index in [4.69, 9.17) is 9.47 Å². The SMILES string of the molecule is COc1cc(/C=C(/C#N)C(=O)Nc2cccc(C)c2C)ccc1OCC(=O)Nc1ccc(F)cc1. The summed E-state index contributed by atoms with van der Waals surface area (Å²) in [5.41, 5.74) is 3.48. The maximum Gasteiger partial charge on any atom is 0.266 e. The van der Waals surface area contributed by atoms with Gasteiger partial charge in [0.2, 0.25) is 0 Å². The molecule has 0 aromatic heterocycles. The van der Waals surface area contributed by atoms with Crippen molar-refractivity contribution >= 4 is 29.3 Å². The van der Waals surface area contributed by atoms with Gasteiger partial charge in [-0.1, -0.05) is 18.2 Å². The lowest BCUT2D eigenvalue weighted by Crippen LogP contribution is -2.20. The number of anilines is 2. The standard InChI is InChI=1S/C27H24FN3O4/c1-17-5-4-6-23(18(17)2)31-27(33)20(15-29)13-19-7-12-24(25(14-19)34-3)35-16-26(32)30-22-10-8-21(28)9-11-22/h4-14H,16H2,1-3H3,(H,30,32)(H,31,33)/b20-13-. The van der Waals surface area contributed by atoms with Crippen molar-refractivity contribution < 1.29 is 23.5 Å². The molecule has 0 fully saturated rings. The van der Waals surface area contributed by atoms with Gasteiger partial charge in [-0.05, 0) is 79.1 Å². The van der Waals surface area contributed by atoms with Gasteiger partial charge in [-0.3, -0.25) is 9.59 Å². The molecular weight excluding hydrogens is 449 g/mol. The molecule has 3 aromatic carbocycles. The highest BCUT2D eigenvalue weighted by molar-refractivity contribution is 6.10. The summed E-state index contributed by atoms with van der Waals surface area (Å²) in [6.07, 6.45) is 1.44. The summed E-state index contributed by atoms with van der Waals surface area (Å²) in [6, 6.07) is 17.6. The number of amides is 2. The largest absolute Gasteiger partial charge is 0.493 e. The molecule has 8 heteroatoms. The van der Waals surface area contributed by atoms with Crippen LogP contribution in [0.3, 0.4) is 0 Å². The summed E-state index contributed by atoms with van der Waals surface area (Å²) in [6.45, 7) is 3.53. The van der Waals surface area contributed by atoms with Gasteiger partial charge in [-0.25, -0.2) is 4.39 Å². The van der Waals surface area contributed by atoms with Crippen LogP contribution in [-0.2, 0) is 9.59 Å². The van der Waals surface area contributed by atoms with E-state index in [1.54, 1.807) is 24.3 Å². The molecule has 0 bridgehead atoms. The summed E-state index contributed by atoms with van der Waals surface area (Å²) in [5, 5.41) is 14.9. The number of nitrogens with one attached hydrogen (secondary N) is 2. The van der Waals surface area contributed by atoms with Crippen LogP contribution in [0, 0.1) is 31.0 Å². The fraction of sp³-hybridized carbons (Fsp3) is 0.148. The Balaban J connectivity index is 1.69. The molecule has 0 saturated carbocycles. The van der Waals surface area contributed by atoms with Gasteiger partial charge < -0.3 is 20.1 Å².